The zero-order chi connectivity index (χ0) is 13.8. The van der Waals surface area contributed by atoms with Gasteiger partial charge in [0.25, 0.3) is 5.91 Å². The Labute approximate surface area is 111 Å². The number of nitrogens with zero attached hydrogens (tertiary/aromatic N) is 1. The van der Waals surface area contributed by atoms with Gasteiger partial charge in [-0.25, -0.2) is 0 Å². The molecule has 0 aromatic heterocycles. The number of carbonyl (C=O) groups is 1. The third kappa shape index (κ3) is 3.11. The quantitative estimate of drug-likeness (QED) is 0.734. The first kappa shape index (κ1) is 13.5. The third-order valence-electron chi connectivity index (χ3n) is 3.48. The highest BCUT2D eigenvalue weighted by Crippen LogP contribution is 2.25. The molecule has 0 saturated heterocycles. The maximum Gasteiger partial charge on any atom is 0.251 e. The van der Waals surface area contributed by atoms with Crippen LogP contribution in [-0.2, 0) is 0 Å². The lowest BCUT2D eigenvalue weighted by atomic mass is 10.1. The van der Waals surface area contributed by atoms with Crippen molar-refractivity contribution in [1.29, 1.82) is 5.26 Å². The van der Waals surface area contributed by atoms with Crippen molar-refractivity contribution in [3.05, 3.63) is 35.4 Å². The van der Waals surface area contributed by atoms with Crippen LogP contribution in [0.5, 0.6) is 0 Å². The van der Waals surface area contributed by atoms with Gasteiger partial charge in [-0.2, -0.15) is 5.26 Å². The molecule has 3 N–H and O–H groups in total. The summed E-state index contributed by atoms with van der Waals surface area (Å²) in [4.78, 5) is 12.0. The standard InChI is InChI=1S/C14H16N2O3/c15-7-9-2-1-3-10(4-9)14(19)16-12-5-11(8-17)13(18)6-12/h1-4,11-13,17-18H,5-6,8H2,(H,16,19)/t11-,12+,13+/m0/s1. The Bertz CT molecular complexity index is 510. The Hall–Kier alpha value is -1.90. The molecule has 1 aliphatic rings. The predicted octanol–water partition coefficient (Wildman–Crippen LogP) is 0.420. The lowest BCUT2D eigenvalue weighted by molar-refractivity contribution is 0.0903. The summed E-state index contributed by atoms with van der Waals surface area (Å²) in [6.45, 7) is -0.0720. The minimum atomic E-state index is -0.569. The normalized spacial score (nSPS) is 25.8. The van der Waals surface area contributed by atoms with E-state index in [1.807, 2.05) is 6.07 Å². The van der Waals surface area contributed by atoms with Crippen LogP contribution >= 0.6 is 0 Å². The van der Waals surface area contributed by atoms with Crippen molar-refractivity contribution < 1.29 is 15.0 Å². The van der Waals surface area contributed by atoms with E-state index in [1.165, 1.54) is 6.07 Å². The summed E-state index contributed by atoms with van der Waals surface area (Å²) in [5, 5.41) is 30.3. The molecule has 0 heterocycles. The first-order valence-electron chi connectivity index (χ1n) is 6.24. The molecule has 0 bridgehead atoms. The van der Waals surface area contributed by atoms with Crippen LogP contribution in [0.25, 0.3) is 0 Å². The molecule has 1 amide bonds. The minimum Gasteiger partial charge on any atom is -0.396 e. The predicted molar refractivity (Wildman–Crippen MR) is 68.2 cm³/mol. The Morgan fingerprint density at radius 2 is 2.26 bits per heavy atom. The Kier molecular flexibility index (Phi) is 4.15. The molecule has 5 heteroatoms. The van der Waals surface area contributed by atoms with E-state index >= 15 is 0 Å². The fraction of sp³-hybridized carbons (Fsp3) is 0.429. The van der Waals surface area contributed by atoms with Crippen molar-refractivity contribution >= 4 is 5.91 Å². The highest BCUT2D eigenvalue weighted by atomic mass is 16.3. The van der Waals surface area contributed by atoms with Gasteiger partial charge in [0.05, 0.1) is 17.7 Å². The zero-order valence-corrected chi connectivity index (χ0v) is 10.4. The van der Waals surface area contributed by atoms with Crippen molar-refractivity contribution in [2.24, 2.45) is 5.92 Å². The van der Waals surface area contributed by atoms with Gasteiger partial charge in [-0.05, 0) is 31.0 Å². The van der Waals surface area contributed by atoms with Gasteiger partial charge in [-0.3, -0.25) is 4.79 Å². The molecule has 0 aliphatic heterocycles. The number of carbonyl (C=O) groups excluding carboxylic acids is 1. The van der Waals surface area contributed by atoms with Crippen LogP contribution in [0.4, 0.5) is 0 Å². The summed E-state index contributed by atoms with van der Waals surface area (Å²) in [6.07, 6.45) is 0.455. The van der Waals surface area contributed by atoms with Gasteiger partial charge in [0.2, 0.25) is 0 Å². The summed E-state index contributed by atoms with van der Waals surface area (Å²) in [7, 11) is 0. The number of rotatable bonds is 3. The molecule has 1 saturated carbocycles. The number of hydrogen-bond acceptors (Lipinski definition) is 4. The second kappa shape index (κ2) is 5.83. The molecule has 2 rings (SSSR count). The van der Waals surface area contributed by atoms with Crippen molar-refractivity contribution in [2.75, 3.05) is 6.61 Å². The fourth-order valence-electron chi connectivity index (χ4n) is 2.42. The van der Waals surface area contributed by atoms with Gasteiger partial charge >= 0.3 is 0 Å². The Morgan fingerprint density at radius 3 is 2.89 bits per heavy atom. The van der Waals surface area contributed by atoms with E-state index < -0.39 is 6.10 Å². The van der Waals surface area contributed by atoms with Crippen LogP contribution in [0.15, 0.2) is 24.3 Å². The maximum atomic E-state index is 12.0. The number of nitriles is 1. The molecule has 100 valence electrons. The monoisotopic (exact) mass is 260 g/mol. The molecule has 1 aromatic rings. The van der Waals surface area contributed by atoms with E-state index in [0.717, 1.165) is 0 Å². The average Bonchev–Trinajstić information content (AvgIpc) is 2.78. The molecule has 5 nitrogen and oxygen atoms in total. The molecule has 1 aromatic carbocycles. The van der Waals surface area contributed by atoms with Crippen LogP contribution in [0, 0.1) is 17.2 Å². The van der Waals surface area contributed by atoms with Gasteiger partial charge in [0.15, 0.2) is 0 Å². The second-order valence-corrected chi connectivity index (χ2v) is 4.84. The van der Waals surface area contributed by atoms with Gasteiger partial charge in [-0.1, -0.05) is 6.07 Å². The van der Waals surface area contributed by atoms with Crippen molar-refractivity contribution in [1.82, 2.24) is 5.32 Å². The molecule has 0 spiro atoms. The van der Waals surface area contributed by atoms with E-state index in [9.17, 15) is 9.90 Å². The molecule has 3 atom stereocenters. The smallest absolute Gasteiger partial charge is 0.251 e. The fourth-order valence-corrected chi connectivity index (χ4v) is 2.42. The van der Waals surface area contributed by atoms with Gasteiger partial charge in [-0.15, -0.1) is 0 Å². The summed E-state index contributed by atoms with van der Waals surface area (Å²) in [5.41, 5.74) is 0.869. The van der Waals surface area contributed by atoms with Crippen molar-refractivity contribution in [3.63, 3.8) is 0 Å². The molecule has 19 heavy (non-hydrogen) atoms. The first-order chi connectivity index (χ1) is 9.13. The van der Waals surface area contributed by atoms with E-state index in [-0.39, 0.29) is 24.5 Å². The molecular formula is C14H16N2O3. The Morgan fingerprint density at radius 1 is 1.47 bits per heavy atom. The number of amides is 1. The number of aliphatic hydroxyl groups is 2. The van der Waals surface area contributed by atoms with Gasteiger partial charge in [0, 0.05) is 24.1 Å². The Balaban J connectivity index is 2.00. The van der Waals surface area contributed by atoms with E-state index in [1.54, 1.807) is 18.2 Å². The average molecular weight is 260 g/mol. The second-order valence-electron chi connectivity index (χ2n) is 4.84. The van der Waals surface area contributed by atoms with Crippen molar-refractivity contribution in [3.8, 4) is 6.07 Å². The van der Waals surface area contributed by atoms with Gasteiger partial charge < -0.3 is 15.5 Å². The lowest BCUT2D eigenvalue weighted by Gasteiger charge is -2.12. The molecule has 1 aliphatic carbocycles. The molecule has 0 unspecified atom stereocenters. The van der Waals surface area contributed by atoms with Crippen LogP contribution in [0.1, 0.15) is 28.8 Å². The lowest BCUT2D eigenvalue weighted by Crippen LogP contribution is -2.33. The highest BCUT2D eigenvalue weighted by Gasteiger charge is 2.33. The van der Waals surface area contributed by atoms with Crippen LogP contribution in [0.3, 0.4) is 0 Å². The molecule has 1 fully saturated rings. The van der Waals surface area contributed by atoms with E-state index in [4.69, 9.17) is 10.4 Å². The van der Waals surface area contributed by atoms with Crippen LogP contribution in [-0.4, -0.2) is 34.9 Å². The third-order valence-corrected chi connectivity index (χ3v) is 3.48. The molecular weight excluding hydrogens is 244 g/mol. The van der Waals surface area contributed by atoms with Gasteiger partial charge in [0.1, 0.15) is 0 Å². The first-order valence-corrected chi connectivity index (χ1v) is 6.24. The topological polar surface area (TPSA) is 93.4 Å². The zero-order valence-electron chi connectivity index (χ0n) is 10.4. The summed E-state index contributed by atoms with van der Waals surface area (Å²) in [5.74, 6) is -0.427. The minimum absolute atomic E-state index is 0.0720. The summed E-state index contributed by atoms with van der Waals surface area (Å²) >= 11 is 0. The molecule has 0 radical (unpaired) electrons. The van der Waals surface area contributed by atoms with E-state index in [2.05, 4.69) is 5.32 Å². The summed E-state index contributed by atoms with van der Waals surface area (Å²) in [6, 6.07) is 8.33. The van der Waals surface area contributed by atoms with Crippen LogP contribution in [0.2, 0.25) is 0 Å². The van der Waals surface area contributed by atoms with Crippen LogP contribution < -0.4 is 5.32 Å². The number of aliphatic hydroxyl groups excluding tert-OH is 2. The number of nitrogens with one attached hydrogen (secondary N) is 1. The van der Waals surface area contributed by atoms with Crippen molar-refractivity contribution in [2.45, 2.75) is 25.0 Å². The number of benzene rings is 1. The maximum absolute atomic E-state index is 12.0. The largest absolute Gasteiger partial charge is 0.396 e. The summed E-state index contributed by atoms with van der Waals surface area (Å²) < 4.78 is 0. The SMILES string of the molecule is N#Cc1cccc(C(=O)N[C@@H]2C[C@@H](CO)[C@H](O)C2)c1. The van der Waals surface area contributed by atoms with E-state index in [0.29, 0.717) is 24.0 Å². The number of hydrogen-bond donors (Lipinski definition) is 3. The highest BCUT2D eigenvalue weighted by molar-refractivity contribution is 5.94.